The summed E-state index contributed by atoms with van der Waals surface area (Å²) >= 11 is 0. The van der Waals surface area contributed by atoms with E-state index < -0.39 is 0 Å². The molecule has 0 spiro atoms. The van der Waals surface area contributed by atoms with Gasteiger partial charge < -0.3 is 20.3 Å². The second kappa shape index (κ2) is 6.01. The van der Waals surface area contributed by atoms with Crippen LogP contribution in [0.1, 0.15) is 0 Å². The van der Waals surface area contributed by atoms with E-state index in [0.29, 0.717) is 19.6 Å². The zero-order valence-corrected chi connectivity index (χ0v) is 10.6. The molecule has 0 aromatic rings. The molecule has 2 amide bonds. The van der Waals surface area contributed by atoms with Crippen molar-refractivity contribution in [1.82, 2.24) is 20.4 Å². The molecule has 2 saturated heterocycles. The van der Waals surface area contributed by atoms with Crippen molar-refractivity contribution in [1.29, 1.82) is 0 Å². The zero-order chi connectivity index (χ0) is 13.0. The molecule has 2 aliphatic heterocycles. The number of hydrogen-bond acceptors (Lipinski definition) is 5. The number of alkyl carbamates (subject to hydrolysis) is 1. The van der Waals surface area contributed by atoms with Gasteiger partial charge in [-0.3, -0.25) is 9.69 Å². The Morgan fingerprint density at radius 3 is 2.83 bits per heavy atom. The molecule has 1 atom stereocenters. The summed E-state index contributed by atoms with van der Waals surface area (Å²) in [5.41, 5.74) is 0. The molecule has 0 bridgehead atoms. The van der Waals surface area contributed by atoms with Gasteiger partial charge in [0.15, 0.2) is 0 Å². The van der Waals surface area contributed by atoms with Gasteiger partial charge in [-0.05, 0) is 7.05 Å². The summed E-state index contributed by atoms with van der Waals surface area (Å²) in [7, 11) is 1.87. The van der Waals surface area contributed by atoms with Crippen molar-refractivity contribution in [3.8, 4) is 0 Å². The lowest BCUT2D eigenvalue weighted by atomic mass is 10.3. The Hall–Kier alpha value is -1.34. The Balaban J connectivity index is 1.71. The highest BCUT2D eigenvalue weighted by Gasteiger charge is 2.25. The monoisotopic (exact) mass is 256 g/mol. The number of cyclic esters (lactones) is 1. The maximum Gasteiger partial charge on any atom is 0.407 e. The number of amides is 2. The summed E-state index contributed by atoms with van der Waals surface area (Å²) in [5, 5.41) is 5.81. The van der Waals surface area contributed by atoms with Crippen molar-refractivity contribution in [3.63, 3.8) is 0 Å². The molecule has 0 saturated carbocycles. The highest BCUT2D eigenvalue weighted by atomic mass is 16.6. The van der Waals surface area contributed by atoms with Crippen molar-refractivity contribution < 1.29 is 14.3 Å². The predicted molar refractivity (Wildman–Crippen MR) is 65.2 cm³/mol. The average Bonchev–Trinajstić information content (AvgIpc) is 2.75. The van der Waals surface area contributed by atoms with Crippen LogP contribution in [0.3, 0.4) is 0 Å². The topological polar surface area (TPSA) is 73.9 Å². The number of nitrogens with zero attached hydrogens (tertiary/aromatic N) is 2. The molecule has 2 heterocycles. The minimum Gasteiger partial charge on any atom is -0.443 e. The van der Waals surface area contributed by atoms with Crippen LogP contribution in [0, 0.1) is 0 Å². The van der Waals surface area contributed by atoms with Crippen molar-refractivity contribution in [2.24, 2.45) is 0 Å². The van der Waals surface area contributed by atoms with Gasteiger partial charge in [0.05, 0.1) is 13.1 Å². The Labute approximate surface area is 106 Å². The Kier molecular flexibility index (Phi) is 4.38. The van der Waals surface area contributed by atoms with Gasteiger partial charge in [-0.15, -0.1) is 0 Å². The molecule has 0 aromatic carbocycles. The molecule has 2 N–H and O–H groups in total. The van der Waals surface area contributed by atoms with Crippen LogP contribution in [0.4, 0.5) is 4.79 Å². The maximum atomic E-state index is 12.0. The third-order valence-corrected chi connectivity index (χ3v) is 3.14. The summed E-state index contributed by atoms with van der Waals surface area (Å²) in [4.78, 5) is 26.6. The molecule has 0 aliphatic carbocycles. The number of carbonyl (C=O) groups is 2. The standard InChI is InChI=1S/C11H20N4O3/c1-14(7-9-6-13-11(17)18-9)8-10(16)15-4-2-12-3-5-15/h9,12H,2-8H2,1H3,(H,13,17). The molecule has 2 fully saturated rings. The molecule has 2 rings (SSSR count). The second-order valence-electron chi connectivity index (χ2n) is 4.74. The first kappa shape index (κ1) is 13.1. The molecular formula is C11H20N4O3. The number of likely N-dealkylation sites (N-methyl/N-ethyl adjacent to an activating group) is 1. The highest BCUT2D eigenvalue weighted by molar-refractivity contribution is 5.78. The van der Waals surface area contributed by atoms with Crippen LogP contribution >= 0.6 is 0 Å². The molecule has 0 radical (unpaired) electrons. The summed E-state index contributed by atoms with van der Waals surface area (Å²) in [5.74, 6) is 0.135. The Bertz CT molecular complexity index is 317. The van der Waals surface area contributed by atoms with E-state index in [9.17, 15) is 9.59 Å². The minimum atomic E-state index is -0.373. The first-order chi connectivity index (χ1) is 8.65. The van der Waals surface area contributed by atoms with Gasteiger partial charge in [0.25, 0.3) is 0 Å². The highest BCUT2D eigenvalue weighted by Crippen LogP contribution is 2.02. The molecule has 1 unspecified atom stereocenters. The lowest BCUT2D eigenvalue weighted by molar-refractivity contribution is -0.132. The van der Waals surface area contributed by atoms with Gasteiger partial charge in [0.1, 0.15) is 6.10 Å². The molecule has 0 aromatic heterocycles. The van der Waals surface area contributed by atoms with Crippen molar-refractivity contribution in [2.45, 2.75) is 6.10 Å². The Morgan fingerprint density at radius 2 is 2.22 bits per heavy atom. The fourth-order valence-corrected chi connectivity index (χ4v) is 2.19. The summed E-state index contributed by atoms with van der Waals surface area (Å²) in [6, 6.07) is 0. The van der Waals surface area contributed by atoms with E-state index in [1.54, 1.807) is 0 Å². The van der Waals surface area contributed by atoms with Gasteiger partial charge >= 0.3 is 6.09 Å². The van der Waals surface area contributed by atoms with Gasteiger partial charge in [0, 0.05) is 32.7 Å². The number of hydrogen-bond donors (Lipinski definition) is 2. The van der Waals surface area contributed by atoms with E-state index in [2.05, 4.69) is 10.6 Å². The predicted octanol–water partition coefficient (Wildman–Crippen LogP) is -1.54. The number of ether oxygens (including phenoxy) is 1. The normalized spacial score (nSPS) is 24.0. The van der Waals surface area contributed by atoms with Crippen molar-refractivity contribution in [3.05, 3.63) is 0 Å². The van der Waals surface area contributed by atoms with Gasteiger partial charge in [-0.1, -0.05) is 0 Å². The third-order valence-electron chi connectivity index (χ3n) is 3.14. The van der Waals surface area contributed by atoms with E-state index in [-0.39, 0.29) is 18.1 Å². The quantitative estimate of drug-likeness (QED) is 0.637. The molecule has 2 aliphatic rings. The third kappa shape index (κ3) is 3.58. The van der Waals surface area contributed by atoms with Crippen LogP contribution in [0.15, 0.2) is 0 Å². The first-order valence-corrected chi connectivity index (χ1v) is 6.26. The maximum absolute atomic E-state index is 12.0. The number of rotatable bonds is 4. The van der Waals surface area contributed by atoms with E-state index in [1.165, 1.54) is 0 Å². The molecule has 102 valence electrons. The summed E-state index contributed by atoms with van der Waals surface area (Å²) < 4.78 is 5.03. The van der Waals surface area contributed by atoms with Crippen LogP contribution in [-0.4, -0.2) is 80.8 Å². The minimum absolute atomic E-state index is 0.135. The fourth-order valence-electron chi connectivity index (χ4n) is 2.19. The van der Waals surface area contributed by atoms with Gasteiger partial charge in [-0.2, -0.15) is 0 Å². The summed E-state index contributed by atoms with van der Waals surface area (Å²) in [6.45, 7) is 4.73. The molecule has 7 heteroatoms. The SMILES string of the molecule is CN(CC(=O)N1CCNCC1)CC1CNC(=O)O1. The van der Waals surface area contributed by atoms with Crippen molar-refractivity contribution >= 4 is 12.0 Å². The number of nitrogens with one attached hydrogen (secondary N) is 2. The largest absolute Gasteiger partial charge is 0.443 e. The Morgan fingerprint density at radius 1 is 1.50 bits per heavy atom. The molecule has 18 heavy (non-hydrogen) atoms. The lowest BCUT2D eigenvalue weighted by Gasteiger charge is -2.29. The first-order valence-electron chi connectivity index (χ1n) is 6.26. The van der Waals surface area contributed by atoms with Gasteiger partial charge in [-0.25, -0.2) is 4.79 Å². The number of carbonyl (C=O) groups excluding carboxylic acids is 2. The number of piperazine rings is 1. The van der Waals surface area contributed by atoms with E-state index >= 15 is 0 Å². The second-order valence-corrected chi connectivity index (χ2v) is 4.74. The van der Waals surface area contributed by atoms with E-state index in [1.807, 2.05) is 16.8 Å². The van der Waals surface area contributed by atoms with E-state index in [4.69, 9.17) is 4.74 Å². The lowest BCUT2D eigenvalue weighted by Crippen LogP contribution is -2.49. The van der Waals surface area contributed by atoms with E-state index in [0.717, 1.165) is 26.2 Å². The van der Waals surface area contributed by atoms with Gasteiger partial charge in [0.2, 0.25) is 5.91 Å². The fraction of sp³-hybridized carbons (Fsp3) is 0.818. The van der Waals surface area contributed by atoms with Crippen LogP contribution in [0.25, 0.3) is 0 Å². The van der Waals surface area contributed by atoms with Crippen LogP contribution in [0.5, 0.6) is 0 Å². The molecular weight excluding hydrogens is 236 g/mol. The zero-order valence-electron chi connectivity index (χ0n) is 10.6. The summed E-state index contributed by atoms with van der Waals surface area (Å²) in [6.07, 6.45) is -0.528. The average molecular weight is 256 g/mol. The van der Waals surface area contributed by atoms with Crippen LogP contribution in [-0.2, 0) is 9.53 Å². The smallest absolute Gasteiger partial charge is 0.407 e. The van der Waals surface area contributed by atoms with Crippen molar-refractivity contribution in [2.75, 3.05) is 52.9 Å². The van der Waals surface area contributed by atoms with Crippen LogP contribution < -0.4 is 10.6 Å². The van der Waals surface area contributed by atoms with Crippen LogP contribution in [0.2, 0.25) is 0 Å². The molecule has 7 nitrogen and oxygen atoms in total.